The fourth-order valence-electron chi connectivity index (χ4n) is 0.735. The Morgan fingerprint density at radius 2 is 2.00 bits per heavy atom. The Kier molecular flexibility index (Phi) is 1.18. The fourth-order valence-corrected chi connectivity index (χ4v) is 0.735. The highest BCUT2D eigenvalue weighted by Gasteiger charge is 2.44. The van der Waals surface area contributed by atoms with Crippen LogP contribution >= 0.6 is 0 Å². The number of likely N-dealkylation sites (tertiary alicyclic amines) is 1. The zero-order chi connectivity index (χ0) is 7.07. The van der Waals surface area contributed by atoms with Crippen molar-refractivity contribution in [2.45, 2.75) is 12.8 Å². The molecule has 0 atom stereocenters. The van der Waals surface area contributed by atoms with Crippen LogP contribution < -0.4 is 0 Å². The molecule has 0 aromatic heterocycles. The molecule has 9 heavy (non-hydrogen) atoms. The van der Waals surface area contributed by atoms with Crippen LogP contribution in [-0.2, 0) is 4.79 Å². The lowest BCUT2D eigenvalue weighted by Gasteiger charge is -2.37. The van der Waals surface area contributed by atoms with Crippen LogP contribution in [-0.4, -0.2) is 29.8 Å². The van der Waals surface area contributed by atoms with E-state index in [1.54, 1.807) is 0 Å². The van der Waals surface area contributed by atoms with Crippen molar-refractivity contribution < 1.29 is 13.6 Å². The van der Waals surface area contributed by atoms with E-state index >= 15 is 0 Å². The average molecular weight is 135 g/mol. The number of carbonyl (C=O) groups excluding carboxylic acids is 1. The summed E-state index contributed by atoms with van der Waals surface area (Å²) < 4.78 is 23.9. The Hall–Kier alpha value is -0.670. The molecule has 1 aliphatic rings. The van der Waals surface area contributed by atoms with Gasteiger partial charge >= 0.3 is 0 Å². The minimum Gasteiger partial charge on any atom is -0.331 e. The molecule has 1 heterocycles. The molecule has 2 nitrogen and oxygen atoms in total. The minimum absolute atomic E-state index is 0.277. The van der Waals surface area contributed by atoms with Crippen molar-refractivity contribution in [2.24, 2.45) is 0 Å². The summed E-state index contributed by atoms with van der Waals surface area (Å²) in [6.45, 7) is 0.486. The SMILES string of the molecule is CC(=O)N1CC(F)(F)C1. The van der Waals surface area contributed by atoms with Gasteiger partial charge in [-0.05, 0) is 0 Å². The van der Waals surface area contributed by atoms with Gasteiger partial charge in [0.1, 0.15) is 0 Å². The minimum atomic E-state index is -2.62. The monoisotopic (exact) mass is 135 g/mol. The summed E-state index contributed by atoms with van der Waals surface area (Å²) in [5.41, 5.74) is 0. The number of rotatable bonds is 0. The van der Waals surface area contributed by atoms with E-state index in [0.717, 1.165) is 4.90 Å². The number of hydrogen-bond donors (Lipinski definition) is 0. The molecule has 0 radical (unpaired) electrons. The standard InChI is InChI=1S/C5H7F2NO/c1-4(9)8-2-5(6,7)3-8/h2-3H2,1H3. The second-order valence-electron chi connectivity index (χ2n) is 2.23. The highest BCUT2D eigenvalue weighted by atomic mass is 19.3. The Morgan fingerprint density at radius 1 is 1.56 bits per heavy atom. The molecule has 0 bridgehead atoms. The third-order valence-electron chi connectivity index (χ3n) is 1.29. The Balaban J connectivity index is 2.35. The number of amides is 1. The van der Waals surface area contributed by atoms with Gasteiger partial charge in [-0.1, -0.05) is 0 Å². The smallest absolute Gasteiger partial charge is 0.282 e. The second-order valence-corrected chi connectivity index (χ2v) is 2.23. The molecule has 1 rings (SSSR count). The summed E-state index contributed by atoms with van der Waals surface area (Å²) in [4.78, 5) is 11.4. The zero-order valence-electron chi connectivity index (χ0n) is 5.03. The van der Waals surface area contributed by atoms with E-state index in [9.17, 15) is 13.6 Å². The molecular weight excluding hydrogens is 128 g/mol. The van der Waals surface area contributed by atoms with Crippen LogP contribution in [0.1, 0.15) is 6.92 Å². The van der Waals surface area contributed by atoms with Gasteiger partial charge in [-0.15, -0.1) is 0 Å². The molecule has 0 aromatic rings. The normalized spacial score (nSPS) is 23.2. The lowest BCUT2D eigenvalue weighted by molar-refractivity contribution is -0.163. The summed E-state index contributed by atoms with van der Waals surface area (Å²) in [7, 11) is 0. The van der Waals surface area contributed by atoms with E-state index in [2.05, 4.69) is 0 Å². The van der Waals surface area contributed by atoms with Crippen molar-refractivity contribution in [1.29, 1.82) is 0 Å². The molecule has 1 saturated heterocycles. The summed E-state index contributed by atoms with van der Waals surface area (Å²) in [5.74, 6) is -2.90. The predicted octanol–water partition coefficient (Wildman–Crippen LogP) is 0.484. The number of carbonyl (C=O) groups is 1. The van der Waals surface area contributed by atoms with Crippen molar-refractivity contribution in [3.05, 3.63) is 0 Å². The third kappa shape index (κ3) is 1.17. The van der Waals surface area contributed by atoms with Crippen LogP contribution in [0.15, 0.2) is 0 Å². The highest BCUT2D eigenvalue weighted by Crippen LogP contribution is 2.25. The molecule has 0 saturated carbocycles. The molecule has 0 unspecified atom stereocenters. The van der Waals surface area contributed by atoms with Crippen LogP contribution in [0.25, 0.3) is 0 Å². The van der Waals surface area contributed by atoms with Gasteiger partial charge in [0.2, 0.25) is 5.91 Å². The maximum Gasteiger partial charge on any atom is 0.282 e. The first-order valence-corrected chi connectivity index (χ1v) is 2.65. The quantitative estimate of drug-likeness (QED) is 0.473. The number of hydrogen-bond acceptors (Lipinski definition) is 1. The molecule has 0 N–H and O–H groups in total. The maximum absolute atomic E-state index is 12.0. The van der Waals surface area contributed by atoms with E-state index < -0.39 is 19.0 Å². The number of halogens is 2. The van der Waals surface area contributed by atoms with Crippen molar-refractivity contribution in [3.8, 4) is 0 Å². The fraction of sp³-hybridized carbons (Fsp3) is 0.800. The van der Waals surface area contributed by atoms with Gasteiger partial charge in [0.05, 0.1) is 13.1 Å². The first-order valence-electron chi connectivity index (χ1n) is 2.65. The third-order valence-corrected chi connectivity index (χ3v) is 1.29. The van der Waals surface area contributed by atoms with E-state index in [1.807, 2.05) is 0 Å². The molecule has 1 amide bonds. The van der Waals surface area contributed by atoms with Crippen LogP contribution in [0.4, 0.5) is 8.78 Å². The van der Waals surface area contributed by atoms with Gasteiger partial charge < -0.3 is 4.90 Å². The van der Waals surface area contributed by atoms with Gasteiger partial charge in [0.15, 0.2) is 0 Å². The van der Waals surface area contributed by atoms with E-state index in [-0.39, 0.29) is 5.91 Å². The van der Waals surface area contributed by atoms with E-state index in [0.29, 0.717) is 0 Å². The van der Waals surface area contributed by atoms with Crippen molar-refractivity contribution >= 4 is 5.91 Å². The molecule has 52 valence electrons. The predicted molar refractivity (Wildman–Crippen MR) is 27.2 cm³/mol. The maximum atomic E-state index is 12.0. The van der Waals surface area contributed by atoms with Gasteiger partial charge in [0.25, 0.3) is 5.92 Å². The lowest BCUT2D eigenvalue weighted by atomic mass is 10.1. The van der Waals surface area contributed by atoms with Crippen molar-refractivity contribution in [1.82, 2.24) is 4.90 Å². The highest BCUT2D eigenvalue weighted by molar-refractivity contribution is 5.74. The summed E-state index contributed by atoms with van der Waals surface area (Å²) in [6, 6.07) is 0. The molecule has 1 aliphatic heterocycles. The molecule has 4 heteroatoms. The Morgan fingerprint density at radius 3 is 2.11 bits per heavy atom. The molecule has 1 fully saturated rings. The second kappa shape index (κ2) is 1.65. The van der Waals surface area contributed by atoms with Crippen LogP contribution in [0.3, 0.4) is 0 Å². The zero-order valence-corrected chi connectivity index (χ0v) is 5.03. The number of nitrogens with zero attached hydrogens (tertiary/aromatic N) is 1. The van der Waals surface area contributed by atoms with E-state index in [4.69, 9.17) is 0 Å². The molecule has 0 spiro atoms. The van der Waals surface area contributed by atoms with Gasteiger partial charge in [-0.2, -0.15) is 0 Å². The lowest BCUT2D eigenvalue weighted by Crippen LogP contribution is -2.57. The molecular formula is C5H7F2NO. The largest absolute Gasteiger partial charge is 0.331 e. The van der Waals surface area contributed by atoms with Crippen molar-refractivity contribution in [2.75, 3.05) is 13.1 Å². The molecule has 0 aliphatic carbocycles. The summed E-state index contributed by atoms with van der Waals surface area (Å²) >= 11 is 0. The van der Waals surface area contributed by atoms with Gasteiger partial charge in [-0.3, -0.25) is 4.79 Å². The van der Waals surface area contributed by atoms with Crippen LogP contribution in [0, 0.1) is 0 Å². The van der Waals surface area contributed by atoms with Crippen LogP contribution in [0.2, 0.25) is 0 Å². The topological polar surface area (TPSA) is 20.3 Å². The average Bonchev–Trinajstić information content (AvgIpc) is 1.59. The van der Waals surface area contributed by atoms with Gasteiger partial charge in [-0.25, -0.2) is 8.78 Å². The van der Waals surface area contributed by atoms with Gasteiger partial charge in [0, 0.05) is 6.92 Å². The summed E-state index contributed by atoms with van der Waals surface area (Å²) in [6.07, 6.45) is 0. The first kappa shape index (κ1) is 6.45. The van der Waals surface area contributed by atoms with Crippen molar-refractivity contribution in [3.63, 3.8) is 0 Å². The summed E-state index contributed by atoms with van der Waals surface area (Å²) in [5, 5.41) is 0. The van der Waals surface area contributed by atoms with Crippen LogP contribution in [0.5, 0.6) is 0 Å². The van der Waals surface area contributed by atoms with E-state index in [1.165, 1.54) is 6.92 Å². The number of alkyl halides is 2. The molecule has 0 aromatic carbocycles. The Bertz CT molecular complexity index is 138. The Labute approximate surface area is 51.4 Å². The first-order chi connectivity index (χ1) is 4.01.